The fourth-order valence-electron chi connectivity index (χ4n) is 3.80. The molecule has 156 valence electrons. The highest BCUT2D eigenvalue weighted by Crippen LogP contribution is 2.30. The molecule has 0 spiro atoms. The summed E-state index contributed by atoms with van der Waals surface area (Å²) in [6, 6.07) is 14.3. The second-order valence-electron chi connectivity index (χ2n) is 7.41. The van der Waals surface area contributed by atoms with Crippen LogP contribution in [0.15, 0.2) is 73.7 Å². The average Bonchev–Trinajstić information content (AvgIpc) is 3.43. The molecule has 0 radical (unpaired) electrons. The highest BCUT2D eigenvalue weighted by molar-refractivity contribution is 5.97. The standard InChI is InChI=1S/C26H20FN5/c1-3-22-20(11-16(2)23-9-4-5-10-29-23)26(32-31-22)24-13-19-21(14-28-15-25(19)30-24)17-7-6-8-18(27)12-17/h3-15,30-31H,2H2,1H3/b20-11+,22-3+. The minimum Gasteiger partial charge on any atom is -0.352 e. The Balaban J connectivity index is 1.68. The van der Waals surface area contributed by atoms with Gasteiger partial charge in [0.05, 0.1) is 28.5 Å². The van der Waals surface area contributed by atoms with Crippen molar-refractivity contribution in [2.24, 2.45) is 0 Å². The Hall–Kier alpha value is -4.32. The molecule has 0 amide bonds. The van der Waals surface area contributed by atoms with E-state index < -0.39 is 0 Å². The van der Waals surface area contributed by atoms with Crippen molar-refractivity contribution in [3.8, 4) is 22.5 Å². The first-order chi connectivity index (χ1) is 15.6. The maximum absolute atomic E-state index is 13.8. The molecule has 0 fully saturated rings. The van der Waals surface area contributed by atoms with Gasteiger partial charge >= 0.3 is 0 Å². The normalized spacial score (nSPS) is 12.6. The lowest BCUT2D eigenvalue weighted by Gasteiger charge is -2.02. The molecule has 0 aliphatic carbocycles. The van der Waals surface area contributed by atoms with Gasteiger partial charge < -0.3 is 4.98 Å². The zero-order chi connectivity index (χ0) is 22.1. The number of nitrogens with zero attached hydrogens (tertiary/aromatic N) is 3. The van der Waals surface area contributed by atoms with Crippen LogP contribution in [0.2, 0.25) is 0 Å². The number of halogens is 1. The van der Waals surface area contributed by atoms with E-state index in [1.54, 1.807) is 24.7 Å². The van der Waals surface area contributed by atoms with Crippen LogP contribution in [0, 0.1) is 5.82 Å². The van der Waals surface area contributed by atoms with E-state index in [0.717, 1.165) is 55.3 Å². The molecule has 0 aliphatic rings. The Morgan fingerprint density at radius 3 is 2.78 bits per heavy atom. The van der Waals surface area contributed by atoms with Gasteiger partial charge in [-0.25, -0.2) is 4.39 Å². The molecule has 1 aromatic carbocycles. The number of aromatic amines is 2. The zero-order valence-corrected chi connectivity index (χ0v) is 17.4. The maximum atomic E-state index is 13.8. The van der Waals surface area contributed by atoms with Gasteiger partial charge in [0.25, 0.3) is 0 Å². The second-order valence-corrected chi connectivity index (χ2v) is 7.41. The third kappa shape index (κ3) is 3.52. The largest absolute Gasteiger partial charge is 0.352 e. The molecule has 4 aromatic heterocycles. The van der Waals surface area contributed by atoms with Crippen LogP contribution in [-0.4, -0.2) is 25.1 Å². The summed E-state index contributed by atoms with van der Waals surface area (Å²) in [4.78, 5) is 12.1. The molecule has 5 nitrogen and oxygen atoms in total. The number of H-pyrrole nitrogens is 2. The monoisotopic (exact) mass is 421 g/mol. The number of rotatable bonds is 4. The predicted octanol–water partition coefficient (Wildman–Crippen LogP) is 4.45. The van der Waals surface area contributed by atoms with Crippen molar-refractivity contribution in [3.63, 3.8) is 0 Å². The van der Waals surface area contributed by atoms with Crippen molar-refractivity contribution in [3.05, 3.63) is 95.8 Å². The number of fused-ring (bicyclic) bond motifs is 1. The van der Waals surface area contributed by atoms with Crippen molar-refractivity contribution in [1.29, 1.82) is 0 Å². The molecule has 0 saturated carbocycles. The van der Waals surface area contributed by atoms with Crippen molar-refractivity contribution < 1.29 is 4.39 Å². The average molecular weight is 421 g/mol. The first-order valence-electron chi connectivity index (χ1n) is 10.2. The molecular weight excluding hydrogens is 401 g/mol. The molecule has 5 rings (SSSR count). The zero-order valence-electron chi connectivity index (χ0n) is 17.4. The van der Waals surface area contributed by atoms with E-state index in [1.165, 1.54) is 12.1 Å². The van der Waals surface area contributed by atoms with Gasteiger partial charge in [-0.3, -0.25) is 15.1 Å². The molecule has 2 N–H and O–H groups in total. The van der Waals surface area contributed by atoms with Crippen LogP contribution >= 0.6 is 0 Å². The quantitative estimate of drug-likeness (QED) is 0.450. The molecule has 0 bridgehead atoms. The van der Waals surface area contributed by atoms with Crippen molar-refractivity contribution in [2.75, 3.05) is 0 Å². The Bertz CT molecular complexity index is 1560. The van der Waals surface area contributed by atoms with E-state index in [2.05, 4.69) is 31.7 Å². The second kappa shape index (κ2) is 8.07. The molecule has 0 saturated heterocycles. The number of aromatic nitrogens is 5. The lowest BCUT2D eigenvalue weighted by Crippen LogP contribution is -2.23. The summed E-state index contributed by atoms with van der Waals surface area (Å²) in [6.07, 6.45) is 9.21. The van der Waals surface area contributed by atoms with E-state index in [4.69, 9.17) is 0 Å². The Kier molecular flexibility index (Phi) is 4.95. The Labute approximate surface area is 183 Å². The molecule has 0 unspecified atom stereocenters. The summed E-state index contributed by atoms with van der Waals surface area (Å²) >= 11 is 0. The van der Waals surface area contributed by atoms with Crippen LogP contribution in [0.5, 0.6) is 0 Å². The summed E-state index contributed by atoms with van der Waals surface area (Å²) in [5.41, 5.74) is 5.65. The Morgan fingerprint density at radius 2 is 2.00 bits per heavy atom. The highest BCUT2D eigenvalue weighted by Gasteiger charge is 2.13. The third-order valence-electron chi connectivity index (χ3n) is 5.37. The Morgan fingerprint density at radius 1 is 1.09 bits per heavy atom. The van der Waals surface area contributed by atoms with Crippen LogP contribution in [0.3, 0.4) is 0 Å². The molecule has 5 aromatic rings. The van der Waals surface area contributed by atoms with Crippen molar-refractivity contribution in [2.45, 2.75) is 6.92 Å². The number of nitrogens with one attached hydrogen (secondary N) is 2. The van der Waals surface area contributed by atoms with E-state index in [9.17, 15) is 4.39 Å². The SMILES string of the molecule is C=C(/C=c1/c(-c2cc3c(-c4cccc(F)c4)cncc3[nH]2)n[nH]/c1=C/C)c1ccccn1. The van der Waals surface area contributed by atoms with Gasteiger partial charge in [-0.05, 0) is 54.5 Å². The number of allylic oxidation sites excluding steroid dienone is 1. The van der Waals surface area contributed by atoms with Crippen molar-refractivity contribution >= 4 is 28.6 Å². The molecule has 6 heteroatoms. The summed E-state index contributed by atoms with van der Waals surface area (Å²) < 4.78 is 13.8. The van der Waals surface area contributed by atoms with Gasteiger partial charge in [-0.1, -0.05) is 30.9 Å². The number of hydrogen-bond donors (Lipinski definition) is 2. The summed E-state index contributed by atoms with van der Waals surface area (Å²) in [5.74, 6) is -0.282. The lowest BCUT2D eigenvalue weighted by atomic mass is 10.0. The lowest BCUT2D eigenvalue weighted by molar-refractivity contribution is 0.628. The molecule has 0 aliphatic heterocycles. The highest BCUT2D eigenvalue weighted by atomic mass is 19.1. The van der Waals surface area contributed by atoms with Crippen LogP contribution in [-0.2, 0) is 0 Å². The van der Waals surface area contributed by atoms with Crippen LogP contribution < -0.4 is 10.6 Å². The minimum atomic E-state index is -0.282. The van der Waals surface area contributed by atoms with E-state index in [1.807, 2.05) is 49.4 Å². The van der Waals surface area contributed by atoms with Gasteiger partial charge in [0, 0.05) is 28.6 Å². The molecule has 32 heavy (non-hydrogen) atoms. The van der Waals surface area contributed by atoms with Gasteiger partial charge in [0.15, 0.2) is 0 Å². The fraction of sp³-hybridized carbons (Fsp3) is 0.0385. The predicted molar refractivity (Wildman–Crippen MR) is 126 cm³/mol. The maximum Gasteiger partial charge on any atom is 0.123 e. The van der Waals surface area contributed by atoms with E-state index in [-0.39, 0.29) is 5.82 Å². The van der Waals surface area contributed by atoms with Gasteiger partial charge in [0.1, 0.15) is 11.5 Å². The first-order valence-corrected chi connectivity index (χ1v) is 10.2. The van der Waals surface area contributed by atoms with Crippen molar-refractivity contribution in [1.82, 2.24) is 25.1 Å². The van der Waals surface area contributed by atoms with E-state index in [0.29, 0.717) is 0 Å². The molecule has 0 atom stereocenters. The van der Waals surface area contributed by atoms with Crippen LogP contribution in [0.1, 0.15) is 12.6 Å². The van der Waals surface area contributed by atoms with Crippen LogP contribution in [0.25, 0.3) is 51.1 Å². The summed E-state index contributed by atoms with van der Waals surface area (Å²) in [6.45, 7) is 6.14. The fourth-order valence-corrected chi connectivity index (χ4v) is 3.80. The van der Waals surface area contributed by atoms with Crippen LogP contribution in [0.4, 0.5) is 4.39 Å². The topological polar surface area (TPSA) is 70.2 Å². The smallest absolute Gasteiger partial charge is 0.123 e. The van der Waals surface area contributed by atoms with E-state index >= 15 is 0 Å². The van der Waals surface area contributed by atoms with Gasteiger partial charge in [-0.2, -0.15) is 5.10 Å². The third-order valence-corrected chi connectivity index (χ3v) is 5.37. The van der Waals surface area contributed by atoms with Gasteiger partial charge in [0.2, 0.25) is 0 Å². The summed E-state index contributed by atoms with van der Waals surface area (Å²) in [5, 5.41) is 10.4. The molecular formula is C26H20FN5. The minimum absolute atomic E-state index is 0.282. The summed E-state index contributed by atoms with van der Waals surface area (Å²) in [7, 11) is 0. The first kappa shape index (κ1) is 19.6. The molecule has 4 heterocycles. The number of hydrogen-bond acceptors (Lipinski definition) is 3. The number of pyridine rings is 2. The number of benzene rings is 1. The van der Waals surface area contributed by atoms with Gasteiger partial charge in [-0.15, -0.1) is 0 Å².